The van der Waals surface area contributed by atoms with Crippen LogP contribution in [0.4, 0.5) is 0 Å². The molecular weight excluding hydrogens is 230 g/mol. The van der Waals surface area contributed by atoms with Crippen molar-refractivity contribution in [1.82, 2.24) is 5.32 Å². The summed E-state index contributed by atoms with van der Waals surface area (Å²) in [5, 5.41) is 11.8. The van der Waals surface area contributed by atoms with Crippen LogP contribution in [0.2, 0.25) is 0 Å². The molecule has 0 amide bonds. The first kappa shape index (κ1) is 14.5. The molecule has 0 heterocycles. The maximum atomic E-state index is 10.9. The van der Waals surface area contributed by atoms with Gasteiger partial charge in [-0.1, -0.05) is 32.4 Å². The average Bonchev–Trinajstić information content (AvgIpc) is 2.36. The Morgan fingerprint density at radius 3 is 2.50 bits per heavy atom. The van der Waals surface area contributed by atoms with Gasteiger partial charge in [0.1, 0.15) is 18.4 Å². The van der Waals surface area contributed by atoms with E-state index in [0.717, 1.165) is 12.8 Å². The molecule has 4 nitrogen and oxygen atoms in total. The lowest BCUT2D eigenvalue weighted by Crippen LogP contribution is -2.41. The monoisotopic (exact) mass is 251 g/mol. The predicted octanol–water partition coefficient (Wildman–Crippen LogP) is 2.08. The van der Waals surface area contributed by atoms with Crippen LogP contribution in [0.15, 0.2) is 24.3 Å². The fourth-order valence-corrected chi connectivity index (χ4v) is 1.68. The second kappa shape index (κ2) is 7.71. The molecule has 100 valence electrons. The van der Waals surface area contributed by atoms with Crippen molar-refractivity contribution >= 4 is 5.97 Å². The van der Waals surface area contributed by atoms with Gasteiger partial charge < -0.3 is 15.2 Å². The molecule has 0 bridgehead atoms. The van der Waals surface area contributed by atoms with Crippen molar-refractivity contribution in [3.05, 3.63) is 29.8 Å². The minimum absolute atomic E-state index is 0.135. The molecule has 0 fully saturated rings. The van der Waals surface area contributed by atoms with Crippen LogP contribution in [0.25, 0.3) is 0 Å². The molecule has 1 aromatic rings. The molecule has 0 spiro atoms. The van der Waals surface area contributed by atoms with Crippen molar-refractivity contribution in [3.8, 4) is 5.75 Å². The molecule has 1 atom stereocenters. The van der Waals surface area contributed by atoms with Gasteiger partial charge in [-0.3, -0.25) is 4.79 Å². The average molecular weight is 251 g/mol. The fraction of sp³-hybridized carbons (Fsp3) is 0.500. The van der Waals surface area contributed by atoms with Crippen LogP contribution in [0.1, 0.15) is 25.8 Å². The first-order valence-electron chi connectivity index (χ1n) is 6.35. The smallest absolute Gasteiger partial charge is 0.324 e. The number of rotatable bonds is 8. The molecule has 1 aromatic carbocycles. The van der Waals surface area contributed by atoms with Crippen LogP contribution in [0, 0.1) is 0 Å². The summed E-state index contributed by atoms with van der Waals surface area (Å²) in [6.07, 6.45) is 2.16. The predicted molar refractivity (Wildman–Crippen MR) is 71.0 cm³/mol. The number of ether oxygens (including phenoxy) is 1. The molecule has 1 rings (SSSR count). The zero-order valence-electron chi connectivity index (χ0n) is 11.0. The summed E-state index contributed by atoms with van der Waals surface area (Å²) in [4.78, 5) is 10.9. The Kier molecular flexibility index (Phi) is 6.22. The van der Waals surface area contributed by atoms with Gasteiger partial charge in [0.05, 0.1) is 0 Å². The molecule has 1 unspecified atom stereocenters. The summed E-state index contributed by atoms with van der Waals surface area (Å²) in [6, 6.07) is 7.14. The van der Waals surface area contributed by atoms with E-state index < -0.39 is 12.0 Å². The Labute approximate surface area is 108 Å². The standard InChI is InChI=1S/C14H21NO3/c1-3-5-11-6-8-12(9-7-11)18-10-13(14(16)17)15-4-2/h6-9,13,15H,3-5,10H2,1-2H3,(H,16,17). The van der Waals surface area contributed by atoms with E-state index >= 15 is 0 Å². The van der Waals surface area contributed by atoms with Crippen LogP contribution >= 0.6 is 0 Å². The van der Waals surface area contributed by atoms with E-state index in [1.54, 1.807) is 0 Å². The maximum absolute atomic E-state index is 10.9. The largest absolute Gasteiger partial charge is 0.491 e. The van der Waals surface area contributed by atoms with E-state index in [0.29, 0.717) is 12.3 Å². The Morgan fingerprint density at radius 1 is 1.33 bits per heavy atom. The van der Waals surface area contributed by atoms with Crippen molar-refractivity contribution in [2.24, 2.45) is 0 Å². The highest BCUT2D eigenvalue weighted by Crippen LogP contribution is 2.13. The van der Waals surface area contributed by atoms with Gasteiger partial charge in [0.25, 0.3) is 0 Å². The first-order valence-corrected chi connectivity index (χ1v) is 6.35. The number of carboxylic acids is 1. The maximum Gasteiger partial charge on any atom is 0.324 e. The zero-order valence-corrected chi connectivity index (χ0v) is 11.0. The second-order valence-electron chi connectivity index (χ2n) is 4.15. The minimum atomic E-state index is -0.889. The number of likely N-dealkylation sites (N-methyl/N-ethyl adjacent to an activating group) is 1. The molecule has 0 aliphatic carbocycles. The Hall–Kier alpha value is -1.55. The third-order valence-electron chi connectivity index (χ3n) is 2.63. The van der Waals surface area contributed by atoms with Gasteiger partial charge in [-0.15, -0.1) is 0 Å². The number of aliphatic carboxylic acids is 1. The Bertz CT molecular complexity index is 362. The van der Waals surface area contributed by atoms with Crippen LogP contribution in [0.3, 0.4) is 0 Å². The van der Waals surface area contributed by atoms with Gasteiger partial charge in [0, 0.05) is 0 Å². The highest BCUT2D eigenvalue weighted by Gasteiger charge is 2.16. The number of carbonyl (C=O) groups is 1. The third-order valence-corrected chi connectivity index (χ3v) is 2.63. The van der Waals surface area contributed by atoms with E-state index in [1.165, 1.54) is 5.56 Å². The normalized spacial score (nSPS) is 12.1. The van der Waals surface area contributed by atoms with Crippen LogP contribution in [-0.2, 0) is 11.2 Å². The first-order chi connectivity index (χ1) is 8.67. The van der Waals surface area contributed by atoms with E-state index in [1.807, 2.05) is 31.2 Å². The third kappa shape index (κ3) is 4.75. The van der Waals surface area contributed by atoms with Crippen LogP contribution in [-0.4, -0.2) is 30.3 Å². The summed E-state index contributed by atoms with van der Waals surface area (Å²) in [6.45, 7) is 4.75. The number of nitrogens with one attached hydrogen (secondary N) is 1. The summed E-state index contributed by atoms with van der Waals surface area (Å²) < 4.78 is 5.47. The van der Waals surface area contributed by atoms with E-state index in [-0.39, 0.29) is 6.61 Å². The number of hydrogen-bond donors (Lipinski definition) is 2. The minimum Gasteiger partial charge on any atom is -0.491 e. The zero-order chi connectivity index (χ0) is 13.4. The van der Waals surface area contributed by atoms with Gasteiger partial charge in [0.15, 0.2) is 0 Å². The van der Waals surface area contributed by atoms with Crippen molar-refractivity contribution in [3.63, 3.8) is 0 Å². The molecule has 0 aliphatic rings. The SMILES string of the molecule is CCCc1ccc(OCC(NCC)C(=O)O)cc1. The molecule has 0 aromatic heterocycles. The quantitative estimate of drug-likeness (QED) is 0.742. The summed E-state index contributed by atoms with van der Waals surface area (Å²) >= 11 is 0. The van der Waals surface area contributed by atoms with Gasteiger partial charge >= 0.3 is 5.97 Å². The summed E-state index contributed by atoms with van der Waals surface area (Å²) in [5.74, 6) is -0.182. The number of aryl methyl sites for hydroxylation is 1. The molecular formula is C14H21NO3. The molecule has 2 N–H and O–H groups in total. The summed E-state index contributed by atoms with van der Waals surface area (Å²) in [7, 11) is 0. The molecule has 0 saturated carbocycles. The van der Waals surface area contributed by atoms with Gasteiger partial charge in [-0.05, 0) is 30.7 Å². The topological polar surface area (TPSA) is 58.6 Å². The highest BCUT2D eigenvalue weighted by molar-refractivity contribution is 5.73. The van der Waals surface area contributed by atoms with E-state index in [9.17, 15) is 4.79 Å². The van der Waals surface area contributed by atoms with E-state index in [4.69, 9.17) is 9.84 Å². The number of carboxylic acid groups (broad SMARTS) is 1. The Balaban J connectivity index is 2.48. The lowest BCUT2D eigenvalue weighted by atomic mass is 10.1. The van der Waals surface area contributed by atoms with Crippen molar-refractivity contribution in [2.45, 2.75) is 32.7 Å². The molecule has 0 aliphatic heterocycles. The highest BCUT2D eigenvalue weighted by atomic mass is 16.5. The van der Waals surface area contributed by atoms with Crippen molar-refractivity contribution in [1.29, 1.82) is 0 Å². The fourth-order valence-electron chi connectivity index (χ4n) is 1.68. The Morgan fingerprint density at radius 2 is 2.00 bits per heavy atom. The van der Waals surface area contributed by atoms with Crippen molar-refractivity contribution in [2.75, 3.05) is 13.2 Å². The second-order valence-corrected chi connectivity index (χ2v) is 4.15. The number of hydrogen-bond acceptors (Lipinski definition) is 3. The molecule has 0 saturated heterocycles. The lowest BCUT2D eigenvalue weighted by Gasteiger charge is -2.14. The molecule has 4 heteroatoms. The molecule has 18 heavy (non-hydrogen) atoms. The lowest BCUT2D eigenvalue weighted by molar-refractivity contribution is -0.140. The van der Waals surface area contributed by atoms with Crippen LogP contribution < -0.4 is 10.1 Å². The van der Waals surface area contributed by atoms with Crippen molar-refractivity contribution < 1.29 is 14.6 Å². The number of benzene rings is 1. The summed E-state index contributed by atoms with van der Waals surface area (Å²) in [5.41, 5.74) is 1.27. The van der Waals surface area contributed by atoms with Gasteiger partial charge in [0.2, 0.25) is 0 Å². The van der Waals surface area contributed by atoms with Gasteiger partial charge in [-0.2, -0.15) is 0 Å². The van der Waals surface area contributed by atoms with E-state index in [2.05, 4.69) is 12.2 Å². The van der Waals surface area contributed by atoms with Crippen LogP contribution in [0.5, 0.6) is 5.75 Å². The van der Waals surface area contributed by atoms with Gasteiger partial charge in [-0.25, -0.2) is 0 Å². The molecule has 0 radical (unpaired) electrons.